The van der Waals surface area contributed by atoms with Gasteiger partial charge in [-0.2, -0.15) is 4.98 Å². The Morgan fingerprint density at radius 2 is 1.68 bits per heavy atom. The molecule has 0 saturated carbocycles. The lowest BCUT2D eigenvalue weighted by atomic mass is 10.1. The number of hydrogen-bond acceptors (Lipinski definition) is 6. The summed E-state index contributed by atoms with van der Waals surface area (Å²) in [6.07, 6.45) is 9.24. The smallest absolute Gasteiger partial charge is 0.329 e. The SMILES string of the molecule is CCCCCCCCCCn1c(N=Nc2c(O)[nH]c3ccccc23)nc2c1c(=O)[nH]c(=O)n2C. The number of aromatic nitrogens is 5. The Balaban J connectivity index is 1.62. The number of aryl methyl sites for hydroxylation is 2. The van der Waals surface area contributed by atoms with Gasteiger partial charge in [0, 0.05) is 19.0 Å². The molecule has 0 fully saturated rings. The van der Waals surface area contributed by atoms with E-state index in [0.717, 1.165) is 30.2 Å². The molecule has 0 atom stereocenters. The van der Waals surface area contributed by atoms with Crippen molar-refractivity contribution < 1.29 is 5.11 Å². The topological polar surface area (TPSA) is 133 Å². The molecule has 1 aromatic carbocycles. The fraction of sp³-hybridized carbons (Fsp3) is 0.458. The number of aromatic hydroxyl groups is 1. The van der Waals surface area contributed by atoms with Crippen LogP contribution in [0.3, 0.4) is 0 Å². The molecule has 180 valence electrons. The average molecular weight is 466 g/mol. The zero-order chi connectivity index (χ0) is 24.1. The van der Waals surface area contributed by atoms with Gasteiger partial charge in [0.05, 0.1) is 5.52 Å². The van der Waals surface area contributed by atoms with Crippen LogP contribution in [0.1, 0.15) is 58.3 Å². The first-order chi connectivity index (χ1) is 16.5. The number of nitrogens with one attached hydrogen (secondary N) is 2. The van der Waals surface area contributed by atoms with Gasteiger partial charge in [-0.05, 0) is 12.5 Å². The van der Waals surface area contributed by atoms with Crippen LogP contribution in [-0.2, 0) is 13.6 Å². The van der Waals surface area contributed by atoms with Crippen molar-refractivity contribution in [1.82, 2.24) is 24.1 Å². The number of fused-ring (bicyclic) bond motifs is 2. The summed E-state index contributed by atoms with van der Waals surface area (Å²) < 4.78 is 3.00. The number of para-hydroxylation sites is 1. The molecule has 10 heteroatoms. The molecule has 4 aromatic rings. The van der Waals surface area contributed by atoms with Gasteiger partial charge in [-0.15, -0.1) is 10.2 Å². The maximum Gasteiger partial charge on any atom is 0.329 e. The van der Waals surface area contributed by atoms with E-state index in [1.807, 2.05) is 24.3 Å². The van der Waals surface area contributed by atoms with E-state index < -0.39 is 11.2 Å². The lowest BCUT2D eigenvalue weighted by Gasteiger charge is -2.06. The number of azo groups is 1. The number of rotatable bonds is 11. The second-order valence-electron chi connectivity index (χ2n) is 8.60. The van der Waals surface area contributed by atoms with Crippen LogP contribution in [0.5, 0.6) is 5.88 Å². The van der Waals surface area contributed by atoms with E-state index in [9.17, 15) is 14.7 Å². The van der Waals surface area contributed by atoms with Crippen molar-refractivity contribution in [1.29, 1.82) is 0 Å². The van der Waals surface area contributed by atoms with Crippen molar-refractivity contribution in [3.63, 3.8) is 0 Å². The Morgan fingerprint density at radius 1 is 0.971 bits per heavy atom. The van der Waals surface area contributed by atoms with E-state index >= 15 is 0 Å². The van der Waals surface area contributed by atoms with Crippen molar-refractivity contribution in [2.45, 2.75) is 64.8 Å². The molecule has 0 saturated heterocycles. The van der Waals surface area contributed by atoms with Gasteiger partial charge in [-0.1, -0.05) is 70.1 Å². The van der Waals surface area contributed by atoms with Gasteiger partial charge in [-0.25, -0.2) is 4.79 Å². The highest BCUT2D eigenvalue weighted by atomic mass is 16.3. The molecule has 3 heterocycles. The molecule has 3 aromatic heterocycles. The lowest BCUT2D eigenvalue weighted by molar-refractivity contribution is 0.459. The molecule has 0 unspecified atom stereocenters. The quantitative estimate of drug-likeness (QED) is 0.208. The van der Waals surface area contributed by atoms with E-state index in [-0.39, 0.29) is 17.5 Å². The summed E-state index contributed by atoms with van der Waals surface area (Å²) in [7, 11) is 1.56. The van der Waals surface area contributed by atoms with Crippen molar-refractivity contribution in [2.75, 3.05) is 0 Å². The summed E-state index contributed by atoms with van der Waals surface area (Å²) in [4.78, 5) is 34.4. The molecular formula is C24H31N7O3. The van der Waals surface area contributed by atoms with E-state index in [4.69, 9.17) is 0 Å². The normalized spacial score (nSPS) is 11.9. The zero-order valence-corrected chi connectivity index (χ0v) is 19.7. The standard InChI is InChI=1S/C24H31N7O3/c1-3-4-5-6-7-8-9-12-15-31-19-20(30(2)24(34)27-22(19)33)26-23(31)29-28-18-16-13-10-11-14-17(16)25-21(18)32/h10-11,13-14,25,32H,3-9,12,15H2,1-2H3,(H,27,33,34). The minimum Gasteiger partial charge on any atom is -0.493 e. The van der Waals surface area contributed by atoms with E-state index in [2.05, 4.69) is 32.1 Å². The third-order valence-electron chi connectivity index (χ3n) is 6.12. The lowest BCUT2D eigenvalue weighted by Crippen LogP contribution is -2.29. The Kier molecular flexibility index (Phi) is 7.24. The predicted molar refractivity (Wildman–Crippen MR) is 132 cm³/mol. The van der Waals surface area contributed by atoms with Crippen LogP contribution in [0.2, 0.25) is 0 Å². The summed E-state index contributed by atoms with van der Waals surface area (Å²) in [5.74, 6) is 0.121. The zero-order valence-electron chi connectivity index (χ0n) is 19.7. The first kappa shape index (κ1) is 23.5. The minimum absolute atomic E-state index is 0.0964. The maximum absolute atomic E-state index is 12.6. The molecule has 0 spiro atoms. The fourth-order valence-electron chi connectivity index (χ4n) is 4.22. The van der Waals surface area contributed by atoms with Crippen LogP contribution >= 0.6 is 0 Å². The number of imidazole rings is 1. The van der Waals surface area contributed by atoms with Crippen molar-refractivity contribution in [3.05, 3.63) is 45.1 Å². The van der Waals surface area contributed by atoms with Crippen LogP contribution in [-0.4, -0.2) is 29.2 Å². The van der Waals surface area contributed by atoms with Gasteiger partial charge < -0.3 is 14.7 Å². The third-order valence-corrected chi connectivity index (χ3v) is 6.12. The van der Waals surface area contributed by atoms with Gasteiger partial charge in [0.15, 0.2) is 16.9 Å². The monoisotopic (exact) mass is 465 g/mol. The largest absolute Gasteiger partial charge is 0.493 e. The summed E-state index contributed by atoms with van der Waals surface area (Å²) in [5, 5.41) is 19.5. The number of hydrogen-bond donors (Lipinski definition) is 3. The summed E-state index contributed by atoms with van der Waals surface area (Å²) in [5.41, 5.74) is 0.547. The number of nitrogens with zero attached hydrogens (tertiary/aromatic N) is 5. The molecule has 0 bridgehead atoms. The molecular weight excluding hydrogens is 434 g/mol. The Bertz CT molecular complexity index is 1420. The molecule has 0 amide bonds. The Labute approximate surface area is 196 Å². The molecule has 0 aliphatic carbocycles. The van der Waals surface area contributed by atoms with Gasteiger partial charge in [-0.3, -0.25) is 14.3 Å². The number of H-pyrrole nitrogens is 2. The van der Waals surface area contributed by atoms with Gasteiger partial charge in [0.1, 0.15) is 0 Å². The summed E-state index contributed by atoms with van der Waals surface area (Å²) >= 11 is 0. The number of benzene rings is 1. The first-order valence-corrected chi connectivity index (χ1v) is 11.9. The van der Waals surface area contributed by atoms with Gasteiger partial charge in [0.25, 0.3) is 11.5 Å². The van der Waals surface area contributed by atoms with Crippen LogP contribution < -0.4 is 11.2 Å². The molecule has 34 heavy (non-hydrogen) atoms. The van der Waals surface area contributed by atoms with Gasteiger partial charge in [0.2, 0.25) is 5.88 Å². The molecule has 10 nitrogen and oxygen atoms in total. The molecule has 0 aliphatic rings. The molecule has 0 aliphatic heterocycles. The Morgan fingerprint density at radius 3 is 2.44 bits per heavy atom. The van der Waals surface area contributed by atoms with Crippen LogP contribution in [0, 0.1) is 0 Å². The highest BCUT2D eigenvalue weighted by Crippen LogP contribution is 2.36. The third kappa shape index (κ3) is 4.80. The highest BCUT2D eigenvalue weighted by Gasteiger charge is 2.18. The number of unbranched alkanes of at least 4 members (excludes halogenated alkanes) is 7. The average Bonchev–Trinajstić information content (AvgIpc) is 3.35. The van der Waals surface area contributed by atoms with Crippen LogP contribution in [0.4, 0.5) is 11.6 Å². The first-order valence-electron chi connectivity index (χ1n) is 11.9. The molecule has 4 rings (SSSR count). The van der Waals surface area contributed by atoms with Gasteiger partial charge >= 0.3 is 5.69 Å². The second kappa shape index (κ2) is 10.5. The summed E-state index contributed by atoms with van der Waals surface area (Å²) in [6, 6.07) is 7.37. The van der Waals surface area contributed by atoms with Crippen molar-refractivity contribution >= 4 is 33.7 Å². The summed E-state index contributed by atoms with van der Waals surface area (Å²) in [6.45, 7) is 2.74. The van der Waals surface area contributed by atoms with Crippen LogP contribution in [0.15, 0.2) is 44.1 Å². The maximum atomic E-state index is 12.6. The Hall–Kier alpha value is -3.69. The van der Waals surface area contributed by atoms with E-state index in [1.54, 1.807) is 11.6 Å². The minimum atomic E-state index is -0.535. The van der Waals surface area contributed by atoms with E-state index in [0.29, 0.717) is 17.7 Å². The van der Waals surface area contributed by atoms with Crippen molar-refractivity contribution in [3.8, 4) is 5.88 Å². The fourth-order valence-corrected chi connectivity index (χ4v) is 4.22. The van der Waals surface area contributed by atoms with Crippen LogP contribution in [0.25, 0.3) is 22.1 Å². The second-order valence-corrected chi connectivity index (χ2v) is 8.60. The molecule has 0 radical (unpaired) electrons. The molecule has 3 N–H and O–H groups in total. The number of aromatic amines is 2. The van der Waals surface area contributed by atoms with E-state index in [1.165, 1.54) is 36.7 Å². The highest BCUT2D eigenvalue weighted by molar-refractivity contribution is 5.94. The predicted octanol–water partition coefficient (Wildman–Crippen LogP) is 5.17. The van der Waals surface area contributed by atoms with Crippen molar-refractivity contribution in [2.24, 2.45) is 17.3 Å².